The highest BCUT2D eigenvalue weighted by atomic mass is 35.5. The topological polar surface area (TPSA) is 58.3 Å². The van der Waals surface area contributed by atoms with Gasteiger partial charge in [-0.2, -0.15) is 0 Å². The van der Waals surface area contributed by atoms with E-state index in [1.807, 2.05) is 0 Å². The number of aromatic nitrogens is 2. The highest BCUT2D eigenvalue weighted by molar-refractivity contribution is 6.31. The minimum atomic E-state index is 0.247. The number of nitrogens with two attached hydrogens (primary N) is 1. The molecule has 23 heavy (non-hydrogen) atoms. The minimum Gasteiger partial charge on any atom is -0.381 e. The van der Waals surface area contributed by atoms with Crippen molar-refractivity contribution in [2.75, 3.05) is 36.8 Å². The number of hydrogen-bond acceptors (Lipinski definition) is 5. The molecule has 0 spiro atoms. The van der Waals surface area contributed by atoms with Crippen LogP contribution in [-0.2, 0) is 0 Å². The minimum absolute atomic E-state index is 0.247. The van der Waals surface area contributed by atoms with Crippen LogP contribution in [0.25, 0.3) is 11.3 Å². The fraction of sp³-hybridized carbons (Fsp3) is 0.412. The second-order valence-corrected chi connectivity index (χ2v) is 6.45. The Hall–Kier alpha value is -1.85. The van der Waals surface area contributed by atoms with Gasteiger partial charge in [0.05, 0.1) is 11.9 Å². The molecule has 2 heterocycles. The van der Waals surface area contributed by atoms with Crippen LogP contribution in [0.4, 0.5) is 11.5 Å². The Morgan fingerprint density at radius 3 is 2.30 bits per heavy atom. The van der Waals surface area contributed by atoms with Crippen LogP contribution >= 0.6 is 11.6 Å². The summed E-state index contributed by atoms with van der Waals surface area (Å²) in [5, 5.41) is 0.247. The van der Waals surface area contributed by atoms with Crippen LogP contribution in [0.15, 0.2) is 30.5 Å². The predicted octanol–water partition coefficient (Wildman–Crippen LogP) is 2.91. The standard InChI is InChI=1S/C17H22ClN5/c1-12(2)22-7-9-23(10-8-22)14-5-3-13(4-6-14)15-11-20-17(19)16(18)21-15/h3-6,11-12H,7-10H2,1-2H3,(H2,19,20). The van der Waals surface area contributed by atoms with Gasteiger partial charge in [-0.3, -0.25) is 4.90 Å². The number of rotatable bonds is 3. The Bertz CT molecular complexity index is 663. The summed E-state index contributed by atoms with van der Waals surface area (Å²) in [5.74, 6) is 0.259. The summed E-state index contributed by atoms with van der Waals surface area (Å²) in [5.41, 5.74) is 8.57. The van der Waals surface area contributed by atoms with Crippen LogP contribution in [0.1, 0.15) is 13.8 Å². The second-order valence-electron chi connectivity index (χ2n) is 6.09. The van der Waals surface area contributed by atoms with Gasteiger partial charge < -0.3 is 10.6 Å². The van der Waals surface area contributed by atoms with Crippen LogP contribution in [0, 0.1) is 0 Å². The number of hydrogen-bond donors (Lipinski definition) is 1. The lowest BCUT2D eigenvalue weighted by Gasteiger charge is -2.38. The largest absolute Gasteiger partial charge is 0.381 e. The van der Waals surface area contributed by atoms with Crippen LogP contribution in [0.2, 0.25) is 5.15 Å². The van der Waals surface area contributed by atoms with Gasteiger partial charge in [0, 0.05) is 43.5 Å². The molecule has 1 aliphatic heterocycles. The predicted molar refractivity (Wildman–Crippen MR) is 95.8 cm³/mol. The molecule has 1 aromatic heterocycles. The van der Waals surface area contributed by atoms with Crippen molar-refractivity contribution in [2.45, 2.75) is 19.9 Å². The summed E-state index contributed by atoms with van der Waals surface area (Å²) < 4.78 is 0. The van der Waals surface area contributed by atoms with Crippen molar-refractivity contribution >= 4 is 23.1 Å². The van der Waals surface area contributed by atoms with Crippen molar-refractivity contribution in [3.63, 3.8) is 0 Å². The summed E-state index contributed by atoms with van der Waals surface area (Å²) >= 11 is 5.94. The van der Waals surface area contributed by atoms with E-state index in [0.29, 0.717) is 6.04 Å². The number of halogens is 1. The highest BCUT2D eigenvalue weighted by Crippen LogP contribution is 2.24. The molecule has 3 rings (SSSR count). The van der Waals surface area contributed by atoms with E-state index in [9.17, 15) is 0 Å². The van der Waals surface area contributed by atoms with E-state index in [1.165, 1.54) is 5.69 Å². The fourth-order valence-electron chi connectivity index (χ4n) is 2.85. The molecule has 5 nitrogen and oxygen atoms in total. The molecule has 1 saturated heterocycles. The van der Waals surface area contributed by atoms with E-state index >= 15 is 0 Å². The zero-order valence-corrected chi connectivity index (χ0v) is 14.3. The average molecular weight is 332 g/mol. The van der Waals surface area contributed by atoms with Gasteiger partial charge in [0.25, 0.3) is 0 Å². The van der Waals surface area contributed by atoms with Crippen LogP contribution in [-0.4, -0.2) is 47.1 Å². The first-order chi connectivity index (χ1) is 11.0. The van der Waals surface area contributed by atoms with Gasteiger partial charge in [0.1, 0.15) is 0 Å². The Morgan fingerprint density at radius 2 is 1.74 bits per heavy atom. The molecule has 0 aliphatic carbocycles. The lowest BCUT2D eigenvalue weighted by molar-refractivity contribution is 0.209. The van der Waals surface area contributed by atoms with E-state index in [2.05, 4.69) is 57.9 Å². The molecular weight excluding hydrogens is 310 g/mol. The monoisotopic (exact) mass is 331 g/mol. The summed E-state index contributed by atoms with van der Waals surface area (Å²) in [4.78, 5) is 13.3. The number of piperazine rings is 1. The van der Waals surface area contributed by atoms with Gasteiger partial charge in [-0.15, -0.1) is 0 Å². The Balaban J connectivity index is 1.71. The van der Waals surface area contributed by atoms with Crippen molar-refractivity contribution in [1.29, 1.82) is 0 Å². The van der Waals surface area contributed by atoms with E-state index in [1.54, 1.807) is 6.20 Å². The molecule has 0 unspecified atom stereocenters. The quantitative estimate of drug-likeness (QED) is 0.937. The normalized spacial score (nSPS) is 16.1. The summed E-state index contributed by atoms with van der Waals surface area (Å²) in [6.45, 7) is 8.85. The van der Waals surface area contributed by atoms with E-state index in [0.717, 1.165) is 37.4 Å². The van der Waals surface area contributed by atoms with Crippen molar-refractivity contribution in [3.8, 4) is 11.3 Å². The smallest absolute Gasteiger partial charge is 0.171 e. The van der Waals surface area contributed by atoms with Gasteiger partial charge in [0.15, 0.2) is 11.0 Å². The van der Waals surface area contributed by atoms with Crippen LogP contribution < -0.4 is 10.6 Å². The van der Waals surface area contributed by atoms with E-state index in [4.69, 9.17) is 17.3 Å². The van der Waals surface area contributed by atoms with Crippen molar-refractivity contribution in [3.05, 3.63) is 35.6 Å². The molecule has 0 radical (unpaired) electrons. The second kappa shape index (κ2) is 6.72. The molecular formula is C17H22ClN5. The van der Waals surface area contributed by atoms with Gasteiger partial charge in [-0.1, -0.05) is 23.7 Å². The van der Waals surface area contributed by atoms with Crippen molar-refractivity contribution < 1.29 is 0 Å². The number of nitrogen functional groups attached to an aromatic ring is 1. The molecule has 0 amide bonds. The first kappa shape index (κ1) is 16.0. The molecule has 122 valence electrons. The van der Waals surface area contributed by atoms with Gasteiger partial charge in [-0.25, -0.2) is 9.97 Å². The SMILES string of the molecule is CC(C)N1CCN(c2ccc(-c3cnc(N)c(Cl)n3)cc2)CC1. The van der Waals surface area contributed by atoms with Gasteiger partial charge in [-0.05, 0) is 26.0 Å². The summed E-state index contributed by atoms with van der Waals surface area (Å²) in [6, 6.07) is 8.99. The Labute approximate surface area is 142 Å². The summed E-state index contributed by atoms with van der Waals surface area (Å²) in [7, 11) is 0. The van der Waals surface area contributed by atoms with Crippen molar-refractivity contribution in [2.24, 2.45) is 0 Å². The van der Waals surface area contributed by atoms with E-state index < -0.39 is 0 Å². The lowest BCUT2D eigenvalue weighted by Crippen LogP contribution is -2.48. The number of benzene rings is 1. The third-order valence-electron chi connectivity index (χ3n) is 4.33. The lowest BCUT2D eigenvalue weighted by atomic mass is 10.1. The number of nitrogens with zero attached hydrogens (tertiary/aromatic N) is 4. The maximum absolute atomic E-state index is 5.94. The maximum atomic E-state index is 5.94. The first-order valence-electron chi connectivity index (χ1n) is 7.92. The fourth-order valence-corrected chi connectivity index (χ4v) is 2.99. The molecule has 2 aromatic rings. The third-order valence-corrected chi connectivity index (χ3v) is 4.61. The van der Waals surface area contributed by atoms with Crippen molar-refractivity contribution in [1.82, 2.24) is 14.9 Å². The molecule has 1 aromatic carbocycles. The molecule has 1 aliphatic rings. The molecule has 0 saturated carbocycles. The molecule has 2 N–H and O–H groups in total. The zero-order valence-electron chi connectivity index (χ0n) is 13.5. The Morgan fingerprint density at radius 1 is 1.09 bits per heavy atom. The van der Waals surface area contributed by atoms with E-state index in [-0.39, 0.29) is 11.0 Å². The molecule has 0 bridgehead atoms. The van der Waals surface area contributed by atoms with Gasteiger partial charge in [0.2, 0.25) is 0 Å². The molecule has 1 fully saturated rings. The van der Waals surface area contributed by atoms with Crippen LogP contribution in [0.5, 0.6) is 0 Å². The third kappa shape index (κ3) is 3.57. The average Bonchev–Trinajstić information content (AvgIpc) is 2.57. The summed E-state index contributed by atoms with van der Waals surface area (Å²) in [6.07, 6.45) is 1.65. The molecule has 6 heteroatoms. The first-order valence-corrected chi connectivity index (χ1v) is 8.30. The molecule has 0 atom stereocenters. The van der Waals surface area contributed by atoms with Gasteiger partial charge >= 0.3 is 0 Å². The zero-order chi connectivity index (χ0) is 16.4. The van der Waals surface area contributed by atoms with Crippen LogP contribution in [0.3, 0.4) is 0 Å². The Kier molecular flexibility index (Phi) is 4.68. The maximum Gasteiger partial charge on any atom is 0.171 e. The highest BCUT2D eigenvalue weighted by Gasteiger charge is 2.18. The number of anilines is 2.